The van der Waals surface area contributed by atoms with Crippen LogP contribution in [0, 0.1) is 0 Å². The van der Waals surface area contributed by atoms with E-state index < -0.39 is 0 Å². The summed E-state index contributed by atoms with van der Waals surface area (Å²) < 4.78 is 11.0. The van der Waals surface area contributed by atoms with Crippen LogP contribution in [-0.4, -0.2) is 49.6 Å². The molecule has 1 heterocycles. The molecule has 4 rings (SSSR count). The first-order valence-electron chi connectivity index (χ1n) is 9.99. The van der Waals surface area contributed by atoms with Crippen molar-refractivity contribution in [3.63, 3.8) is 0 Å². The van der Waals surface area contributed by atoms with E-state index in [9.17, 15) is 9.59 Å². The standard InChI is InChI=1S/C24H24N2O4/c1-17(27)25-22-4-2-3-18(14-22)19-5-6-21-15-23(8-7-20(21)13-19)30-16-24(28)26-9-11-29-12-10-26/h2-8,13-15H,9-12,16H2,1H3,(H,25,27). The van der Waals surface area contributed by atoms with Crippen LogP contribution in [-0.2, 0) is 14.3 Å². The minimum absolute atomic E-state index is 0.0206. The molecule has 1 fully saturated rings. The Labute approximate surface area is 175 Å². The molecule has 0 unspecified atom stereocenters. The summed E-state index contributed by atoms with van der Waals surface area (Å²) in [7, 11) is 0. The zero-order chi connectivity index (χ0) is 20.9. The van der Waals surface area contributed by atoms with Crippen LogP contribution in [0.15, 0.2) is 60.7 Å². The van der Waals surface area contributed by atoms with Crippen molar-refractivity contribution in [2.24, 2.45) is 0 Å². The van der Waals surface area contributed by atoms with E-state index >= 15 is 0 Å². The van der Waals surface area contributed by atoms with Crippen LogP contribution in [0.3, 0.4) is 0 Å². The van der Waals surface area contributed by atoms with Crippen molar-refractivity contribution < 1.29 is 19.1 Å². The van der Waals surface area contributed by atoms with Gasteiger partial charge in [-0.15, -0.1) is 0 Å². The second-order valence-corrected chi connectivity index (χ2v) is 7.27. The number of amides is 2. The Morgan fingerprint density at radius 3 is 2.50 bits per heavy atom. The van der Waals surface area contributed by atoms with Crippen LogP contribution in [0.25, 0.3) is 21.9 Å². The highest BCUT2D eigenvalue weighted by molar-refractivity contribution is 5.91. The first-order valence-corrected chi connectivity index (χ1v) is 9.99. The van der Waals surface area contributed by atoms with E-state index in [2.05, 4.69) is 11.4 Å². The molecule has 3 aromatic rings. The molecule has 154 valence electrons. The lowest BCUT2D eigenvalue weighted by molar-refractivity contribution is -0.137. The maximum atomic E-state index is 12.3. The van der Waals surface area contributed by atoms with E-state index in [-0.39, 0.29) is 18.4 Å². The summed E-state index contributed by atoms with van der Waals surface area (Å²) in [5, 5.41) is 4.92. The predicted molar refractivity (Wildman–Crippen MR) is 117 cm³/mol. The number of nitrogens with zero attached hydrogens (tertiary/aromatic N) is 1. The van der Waals surface area contributed by atoms with Gasteiger partial charge in [-0.05, 0) is 52.2 Å². The van der Waals surface area contributed by atoms with Gasteiger partial charge in [0.1, 0.15) is 5.75 Å². The molecule has 1 aliphatic rings. The molecule has 30 heavy (non-hydrogen) atoms. The highest BCUT2D eigenvalue weighted by Gasteiger charge is 2.17. The average Bonchev–Trinajstić information content (AvgIpc) is 2.77. The third kappa shape index (κ3) is 4.78. The zero-order valence-electron chi connectivity index (χ0n) is 16.9. The average molecular weight is 404 g/mol. The van der Waals surface area contributed by atoms with Crippen LogP contribution in [0.4, 0.5) is 5.69 Å². The van der Waals surface area contributed by atoms with Gasteiger partial charge in [0, 0.05) is 25.7 Å². The second kappa shape index (κ2) is 8.97. The molecule has 0 spiro atoms. The van der Waals surface area contributed by atoms with E-state index in [0.717, 1.165) is 27.6 Å². The number of rotatable bonds is 5. The summed E-state index contributed by atoms with van der Waals surface area (Å²) in [6.45, 7) is 3.92. The molecule has 2 amide bonds. The fourth-order valence-corrected chi connectivity index (χ4v) is 3.52. The van der Waals surface area contributed by atoms with Gasteiger partial charge >= 0.3 is 0 Å². The summed E-state index contributed by atoms with van der Waals surface area (Å²) in [6.07, 6.45) is 0. The number of hydrogen-bond donors (Lipinski definition) is 1. The van der Waals surface area contributed by atoms with E-state index in [1.54, 1.807) is 4.90 Å². The number of hydrogen-bond acceptors (Lipinski definition) is 4. The van der Waals surface area contributed by atoms with Crippen LogP contribution in [0.1, 0.15) is 6.92 Å². The Bertz CT molecular complexity index is 1070. The molecule has 1 N–H and O–H groups in total. The largest absolute Gasteiger partial charge is 0.484 e. The lowest BCUT2D eigenvalue weighted by atomic mass is 10.0. The summed E-state index contributed by atoms with van der Waals surface area (Å²) in [6, 6.07) is 19.8. The van der Waals surface area contributed by atoms with Crippen molar-refractivity contribution in [2.75, 3.05) is 38.2 Å². The van der Waals surface area contributed by atoms with Crippen molar-refractivity contribution >= 4 is 28.3 Å². The van der Waals surface area contributed by atoms with Gasteiger partial charge < -0.3 is 19.7 Å². The maximum Gasteiger partial charge on any atom is 0.260 e. The molecule has 0 atom stereocenters. The van der Waals surface area contributed by atoms with Crippen molar-refractivity contribution in [3.8, 4) is 16.9 Å². The van der Waals surface area contributed by atoms with Gasteiger partial charge in [0.05, 0.1) is 13.2 Å². The van der Waals surface area contributed by atoms with Crippen molar-refractivity contribution in [1.29, 1.82) is 0 Å². The smallest absolute Gasteiger partial charge is 0.260 e. The molecule has 1 aliphatic heterocycles. The first kappa shape index (κ1) is 19.9. The molecular formula is C24H24N2O4. The Kier molecular flexibility index (Phi) is 5.95. The third-order valence-electron chi connectivity index (χ3n) is 5.05. The Morgan fingerprint density at radius 2 is 1.70 bits per heavy atom. The highest BCUT2D eigenvalue weighted by atomic mass is 16.5. The van der Waals surface area contributed by atoms with Gasteiger partial charge in [-0.1, -0.05) is 30.3 Å². The van der Waals surface area contributed by atoms with Gasteiger partial charge in [0.15, 0.2) is 6.61 Å². The second-order valence-electron chi connectivity index (χ2n) is 7.27. The first-order chi connectivity index (χ1) is 14.6. The number of benzene rings is 3. The molecule has 3 aromatic carbocycles. The molecule has 0 radical (unpaired) electrons. The fraction of sp³-hybridized carbons (Fsp3) is 0.250. The molecule has 6 heteroatoms. The number of carbonyl (C=O) groups excluding carboxylic acids is 2. The quantitative estimate of drug-likeness (QED) is 0.704. The minimum Gasteiger partial charge on any atom is -0.484 e. The molecule has 1 saturated heterocycles. The van der Waals surface area contributed by atoms with Crippen LogP contribution >= 0.6 is 0 Å². The SMILES string of the molecule is CC(=O)Nc1cccc(-c2ccc3cc(OCC(=O)N4CCOCC4)ccc3c2)c1. The summed E-state index contributed by atoms with van der Waals surface area (Å²) in [5.41, 5.74) is 2.86. The van der Waals surface area contributed by atoms with Crippen LogP contribution in [0.5, 0.6) is 5.75 Å². The molecule has 0 aliphatic carbocycles. The monoisotopic (exact) mass is 404 g/mol. The number of anilines is 1. The van der Waals surface area contributed by atoms with E-state index in [1.165, 1.54) is 6.92 Å². The Morgan fingerprint density at radius 1 is 0.967 bits per heavy atom. The van der Waals surface area contributed by atoms with Crippen molar-refractivity contribution in [3.05, 3.63) is 60.7 Å². The number of morpholine rings is 1. The fourth-order valence-electron chi connectivity index (χ4n) is 3.52. The van der Waals surface area contributed by atoms with Crippen molar-refractivity contribution in [2.45, 2.75) is 6.92 Å². The van der Waals surface area contributed by atoms with E-state index in [0.29, 0.717) is 32.1 Å². The van der Waals surface area contributed by atoms with Gasteiger partial charge in [0.25, 0.3) is 5.91 Å². The van der Waals surface area contributed by atoms with Gasteiger partial charge in [-0.2, -0.15) is 0 Å². The number of nitrogens with one attached hydrogen (secondary N) is 1. The summed E-state index contributed by atoms with van der Waals surface area (Å²) in [5.74, 6) is 0.558. The Hall–Kier alpha value is -3.38. The molecule has 0 saturated carbocycles. The zero-order valence-corrected chi connectivity index (χ0v) is 16.9. The molecule has 0 aromatic heterocycles. The van der Waals surface area contributed by atoms with Gasteiger partial charge in [0.2, 0.25) is 5.91 Å². The lowest BCUT2D eigenvalue weighted by Gasteiger charge is -2.26. The van der Waals surface area contributed by atoms with E-state index in [4.69, 9.17) is 9.47 Å². The Balaban J connectivity index is 1.47. The highest BCUT2D eigenvalue weighted by Crippen LogP contribution is 2.28. The van der Waals surface area contributed by atoms with Gasteiger partial charge in [-0.25, -0.2) is 0 Å². The topological polar surface area (TPSA) is 67.9 Å². The number of carbonyl (C=O) groups is 2. The van der Waals surface area contributed by atoms with Gasteiger partial charge in [-0.3, -0.25) is 9.59 Å². The summed E-state index contributed by atoms with van der Waals surface area (Å²) in [4.78, 5) is 25.3. The maximum absolute atomic E-state index is 12.3. The van der Waals surface area contributed by atoms with Crippen LogP contribution in [0.2, 0.25) is 0 Å². The number of fused-ring (bicyclic) bond motifs is 1. The molecule has 0 bridgehead atoms. The normalized spacial score (nSPS) is 13.8. The third-order valence-corrected chi connectivity index (χ3v) is 5.05. The van der Waals surface area contributed by atoms with E-state index in [1.807, 2.05) is 54.6 Å². The lowest BCUT2D eigenvalue weighted by Crippen LogP contribution is -2.42. The summed E-state index contributed by atoms with van der Waals surface area (Å²) >= 11 is 0. The molecule has 6 nitrogen and oxygen atoms in total. The van der Waals surface area contributed by atoms with Crippen LogP contribution < -0.4 is 10.1 Å². The predicted octanol–water partition coefficient (Wildman–Crippen LogP) is 3.70. The van der Waals surface area contributed by atoms with Crippen molar-refractivity contribution in [1.82, 2.24) is 4.90 Å². The minimum atomic E-state index is -0.0923. The number of ether oxygens (including phenoxy) is 2. The molecular weight excluding hydrogens is 380 g/mol.